The molecule has 2 aromatic heterocycles. The average molecular weight is 280 g/mol. The fourth-order valence-corrected chi connectivity index (χ4v) is 2.53. The lowest BCUT2D eigenvalue weighted by Gasteiger charge is -2.08. The average Bonchev–Trinajstić information content (AvgIpc) is 2.92. The van der Waals surface area contributed by atoms with E-state index in [9.17, 15) is 4.79 Å². The Morgan fingerprint density at radius 2 is 2.19 bits per heavy atom. The van der Waals surface area contributed by atoms with Crippen LogP contribution in [-0.2, 0) is 11.2 Å². The number of benzene rings is 1. The molecule has 0 atom stereocenters. The van der Waals surface area contributed by atoms with Crippen molar-refractivity contribution in [2.75, 3.05) is 0 Å². The number of aryl methyl sites for hydroxylation is 2. The third-order valence-corrected chi connectivity index (χ3v) is 3.49. The van der Waals surface area contributed by atoms with Crippen molar-refractivity contribution in [3.63, 3.8) is 0 Å². The summed E-state index contributed by atoms with van der Waals surface area (Å²) in [7, 11) is 0. The fourth-order valence-electron chi connectivity index (χ4n) is 2.53. The van der Waals surface area contributed by atoms with Gasteiger partial charge in [0.05, 0.1) is 0 Å². The first-order valence-electron chi connectivity index (χ1n) is 6.88. The standard InChI is InChI=1S/C17H16N2O2/c1-12-9-15(17-18-7-8-19(17)11-12)14-4-2-3-13(10-14)5-6-16(20)21/h2-4,7-11H,5-6H2,1H3,(H,20,21). The topological polar surface area (TPSA) is 54.6 Å². The number of pyridine rings is 1. The molecule has 4 heteroatoms. The van der Waals surface area contributed by atoms with Crippen LogP contribution in [0.1, 0.15) is 17.5 Å². The van der Waals surface area contributed by atoms with Crippen LogP contribution < -0.4 is 0 Å². The van der Waals surface area contributed by atoms with E-state index in [1.54, 1.807) is 6.20 Å². The van der Waals surface area contributed by atoms with Crippen LogP contribution >= 0.6 is 0 Å². The Labute approximate surface area is 122 Å². The van der Waals surface area contributed by atoms with Crippen molar-refractivity contribution in [3.8, 4) is 11.1 Å². The molecule has 0 fully saturated rings. The van der Waals surface area contributed by atoms with Crippen LogP contribution in [0, 0.1) is 6.92 Å². The minimum atomic E-state index is -0.772. The van der Waals surface area contributed by atoms with Gasteiger partial charge in [0.15, 0.2) is 0 Å². The van der Waals surface area contributed by atoms with Crippen molar-refractivity contribution in [1.82, 2.24) is 9.38 Å². The van der Waals surface area contributed by atoms with Crippen LogP contribution in [0.4, 0.5) is 0 Å². The lowest BCUT2D eigenvalue weighted by atomic mass is 10.0. The highest BCUT2D eigenvalue weighted by molar-refractivity contribution is 5.78. The van der Waals surface area contributed by atoms with Gasteiger partial charge in [-0.05, 0) is 36.1 Å². The highest BCUT2D eigenvalue weighted by Crippen LogP contribution is 2.26. The number of fused-ring (bicyclic) bond motifs is 1. The fraction of sp³-hybridized carbons (Fsp3) is 0.176. The minimum Gasteiger partial charge on any atom is -0.481 e. The molecule has 0 bridgehead atoms. The molecule has 106 valence electrons. The first kappa shape index (κ1) is 13.4. The number of hydrogen-bond donors (Lipinski definition) is 1. The monoisotopic (exact) mass is 280 g/mol. The summed E-state index contributed by atoms with van der Waals surface area (Å²) in [6.07, 6.45) is 6.45. The highest BCUT2D eigenvalue weighted by Gasteiger charge is 2.08. The summed E-state index contributed by atoms with van der Waals surface area (Å²) in [5.74, 6) is -0.772. The number of imidazole rings is 1. The van der Waals surface area contributed by atoms with Gasteiger partial charge in [-0.25, -0.2) is 4.98 Å². The summed E-state index contributed by atoms with van der Waals surface area (Å²) in [6, 6.07) is 10.1. The van der Waals surface area contributed by atoms with Gasteiger partial charge in [0, 0.05) is 30.6 Å². The van der Waals surface area contributed by atoms with E-state index in [1.165, 1.54) is 0 Å². The Hall–Kier alpha value is -2.62. The number of carbonyl (C=O) groups is 1. The largest absolute Gasteiger partial charge is 0.481 e. The zero-order chi connectivity index (χ0) is 14.8. The van der Waals surface area contributed by atoms with E-state index in [1.807, 2.05) is 41.1 Å². The molecule has 0 aliphatic carbocycles. The second-order valence-electron chi connectivity index (χ2n) is 5.18. The zero-order valence-electron chi connectivity index (χ0n) is 11.8. The SMILES string of the molecule is Cc1cc(-c2cccc(CCC(=O)O)c2)c2nccn2c1. The molecular formula is C17H16N2O2. The Morgan fingerprint density at radius 3 is 3.00 bits per heavy atom. The Balaban J connectivity index is 2.04. The highest BCUT2D eigenvalue weighted by atomic mass is 16.4. The third kappa shape index (κ3) is 2.79. The lowest BCUT2D eigenvalue weighted by molar-refractivity contribution is -0.136. The molecule has 21 heavy (non-hydrogen) atoms. The van der Waals surface area contributed by atoms with Crippen molar-refractivity contribution in [1.29, 1.82) is 0 Å². The van der Waals surface area contributed by atoms with Crippen LogP contribution in [0.2, 0.25) is 0 Å². The number of rotatable bonds is 4. The van der Waals surface area contributed by atoms with Crippen molar-refractivity contribution < 1.29 is 9.90 Å². The Kier molecular flexibility index (Phi) is 3.44. The number of aliphatic carboxylic acids is 1. The quantitative estimate of drug-likeness (QED) is 0.797. The smallest absolute Gasteiger partial charge is 0.303 e. The number of carboxylic acids is 1. The molecule has 0 saturated carbocycles. The summed E-state index contributed by atoms with van der Waals surface area (Å²) in [6.45, 7) is 2.05. The third-order valence-electron chi connectivity index (χ3n) is 3.49. The molecule has 0 amide bonds. The van der Waals surface area contributed by atoms with Gasteiger partial charge in [0.25, 0.3) is 0 Å². The van der Waals surface area contributed by atoms with Crippen LogP contribution in [0.5, 0.6) is 0 Å². The molecule has 0 saturated heterocycles. The summed E-state index contributed by atoms with van der Waals surface area (Å²) in [5, 5.41) is 8.80. The molecule has 1 N–H and O–H groups in total. The van der Waals surface area contributed by atoms with Gasteiger partial charge >= 0.3 is 5.97 Å². The molecule has 3 aromatic rings. The van der Waals surface area contributed by atoms with Crippen molar-refractivity contribution >= 4 is 11.6 Å². The number of aromatic nitrogens is 2. The van der Waals surface area contributed by atoms with Crippen molar-refractivity contribution in [3.05, 3.63) is 60.0 Å². The molecule has 1 aromatic carbocycles. The van der Waals surface area contributed by atoms with Crippen LogP contribution in [-0.4, -0.2) is 20.5 Å². The summed E-state index contributed by atoms with van der Waals surface area (Å²) in [4.78, 5) is 15.1. The summed E-state index contributed by atoms with van der Waals surface area (Å²) >= 11 is 0. The first-order chi connectivity index (χ1) is 10.1. The molecule has 4 nitrogen and oxygen atoms in total. The van der Waals surface area contributed by atoms with Crippen LogP contribution in [0.15, 0.2) is 48.9 Å². The van der Waals surface area contributed by atoms with Gasteiger partial charge in [-0.15, -0.1) is 0 Å². The lowest BCUT2D eigenvalue weighted by Crippen LogP contribution is -1.97. The minimum absolute atomic E-state index is 0.149. The van der Waals surface area contributed by atoms with E-state index in [-0.39, 0.29) is 6.42 Å². The van der Waals surface area contributed by atoms with Gasteiger partial charge in [-0.3, -0.25) is 4.79 Å². The molecule has 0 unspecified atom stereocenters. The van der Waals surface area contributed by atoms with Gasteiger partial charge in [0.1, 0.15) is 5.65 Å². The van der Waals surface area contributed by atoms with E-state index in [0.717, 1.165) is 27.9 Å². The molecule has 0 aliphatic rings. The molecule has 0 spiro atoms. The van der Waals surface area contributed by atoms with E-state index in [4.69, 9.17) is 5.11 Å². The van der Waals surface area contributed by atoms with E-state index >= 15 is 0 Å². The van der Waals surface area contributed by atoms with E-state index < -0.39 is 5.97 Å². The normalized spacial score (nSPS) is 10.9. The van der Waals surface area contributed by atoms with Crippen LogP contribution in [0.3, 0.4) is 0 Å². The second-order valence-corrected chi connectivity index (χ2v) is 5.18. The predicted octanol–water partition coefficient (Wildman–Crippen LogP) is 3.33. The molecule has 2 heterocycles. The second kappa shape index (κ2) is 5.40. The van der Waals surface area contributed by atoms with Crippen molar-refractivity contribution in [2.45, 2.75) is 19.8 Å². The first-order valence-corrected chi connectivity index (χ1v) is 6.88. The summed E-state index contributed by atoms with van der Waals surface area (Å²) < 4.78 is 2.01. The van der Waals surface area contributed by atoms with E-state index in [0.29, 0.717) is 6.42 Å². The Morgan fingerprint density at radius 1 is 1.33 bits per heavy atom. The maximum atomic E-state index is 10.7. The van der Waals surface area contributed by atoms with Gasteiger partial charge in [-0.2, -0.15) is 0 Å². The van der Waals surface area contributed by atoms with Gasteiger partial charge in [0.2, 0.25) is 0 Å². The van der Waals surface area contributed by atoms with Crippen LogP contribution in [0.25, 0.3) is 16.8 Å². The number of carboxylic acid groups (broad SMARTS) is 1. The zero-order valence-corrected chi connectivity index (χ0v) is 11.8. The van der Waals surface area contributed by atoms with E-state index in [2.05, 4.69) is 18.0 Å². The molecule has 0 aliphatic heterocycles. The van der Waals surface area contributed by atoms with Gasteiger partial charge in [-0.1, -0.05) is 24.3 Å². The molecule has 3 rings (SSSR count). The maximum Gasteiger partial charge on any atom is 0.303 e. The maximum absolute atomic E-state index is 10.7. The van der Waals surface area contributed by atoms with Crippen molar-refractivity contribution in [2.24, 2.45) is 0 Å². The van der Waals surface area contributed by atoms with Gasteiger partial charge < -0.3 is 9.51 Å². The number of nitrogens with zero attached hydrogens (tertiary/aromatic N) is 2. The number of hydrogen-bond acceptors (Lipinski definition) is 2. The molecular weight excluding hydrogens is 264 g/mol. The molecule has 0 radical (unpaired) electrons. The summed E-state index contributed by atoms with van der Waals surface area (Å²) in [5.41, 5.74) is 5.23. The predicted molar refractivity (Wildman–Crippen MR) is 81.3 cm³/mol. The Bertz CT molecular complexity index is 805.